The lowest BCUT2D eigenvalue weighted by atomic mass is 9.92. The highest BCUT2D eigenvalue weighted by atomic mass is 32.1. The van der Waals surface area contributed by atoms with E-state index in [4.69, 9.17) is 0 Å². The van der Waals surface area contributed by atoms with Gasteiger partial charge in [0.15, 0.2) is 11.5 Å². The first kappa shape index (κ1) is 16.2. The van der Waals surface area contributed by atoms with E-state index in [2.05, 4.69) is 46.7 Å². The van der Waals surface area contributed by atoms with Gasteiger partial charge in [0, 0.05) is 30.4 Å². The summed E-state index contributed by atoms with van der Waals surface area (Å²) in [6, 6.07) is 18.2. The molecule has 1 aliphatic rings. The molecule has 4 heteroatoms. The molecule has 3 aromatic rings. The van der Waals surface area contributed by atoms with E-state index >= 15 is 0 Å². The van der Waals surface area contributed by atoms with Crippen LogP contribution in [-0.4, -0.2) is 28.2 Å². The Morgan fingerprint density at radius 2 is 1.80 bits per heavy atom. The average molecular weight is 351 g/mol. The van der Waals surface area contributed by atoms with Gasteiger partial charge in [-0.15, -0.1) is 11.3 Å². The first-order chi connectivity index (χ1) is 12.2. The molecule has 0 saturated heterocycles. The summed E-state index contributed by atoms with van der Waals surface area (Å²) < 4.78 is 0. The SMILES string of the molecule is Oc1cc2c(cc1O)C(c1cccs1)CN(Cc1ccccc1)CC2. The molecule has 1 unspecified atom stereocenters. The molecule has 128 valence electrons. The van der Waals surface area contributed by atoms with Gasteiger partial charge in [-0.3, -0.25) is 4.90 Å². The Hall–Kier alpha value is -2.30. The summed E-state index contributed by atoms with van der Waals surface area (Å²) in [5.41, 5.74) is 3.57. The van der Waals surface area contributed by atoms with E-state index in [0.717, 1.165) is 37.2 Å². The van der Waals surface area contributed by atoms with Crippen molar-refractivity contribution in [1.82, 2.24) is 4.90 Å². The Kier molecular flexibility index (Phi) is 4.47. The lowest BCUT2D eigenvalue weighted by molar-refractivity contribution is 0.269. The quantitative estimate of drug-likeness (QED) is 0.690. The highest BCUT2D eigenvalue weighted by Gasteiger charge is 2.26. The van der Waals surface area contributed by atoms with Crippen LogP contribution in [-0.2, 0) is 13.0 Å². The molecular formula is C21H21NO2S. The normalized spacial score (nSPS) is 17.8. The zero-order valence-electron chi connectivity index (χ0n) is 13.9. The van der Waals surface area contributed by atoms with Crippen LogP contribution in [0.4, 0.5) is 0 Å². The van der Waals surface area contributed by atoms with Gasteiger partial charge in [-0.25, -0.2) is 0 Å². The Morgan fingerprint density at radius 1 is 1.00 bits per heavy atom. The number of nitrogens with zero attached hydrogens (tertiary/aromatic N) is 1. The average Bonchev–Trinajstić information content (AvgIpc) is 3.10. The molecule has 2 aromatic carbocycles. The summed E-state index contributed by atoms with van der Waals surface area (Å²) in [6.07, 6.45) is 0.873. The van der Waals surface area contributed by atoms with Gasteiger partial charge in [-0.2, -0.15) is 0 Å². The van der Waals surface area contributed by atoms with Crippen LogP contribution in [0.25, 0.3) is 0 Å². The van der Waals surface area contributed by atoms with E-state index in [1.807, 2.05) is 6.07 Å². The van der Waals surface area contributed by atoms with E-state index in [0.29, 0.717) is 0 Å². The number of fused-ring (bicyclic) bond motifs is 1. The monoisotopic (exact) mass is 351 g/mol. The Labute approximate surface area is 151 Å². The third kappa shape index (κ3) is 3.41. The Bertz CT molecular complexity index is 846. The summed E-state index contributed by atoms with van der Waals surface area (Å²) in [5, 5.41) is 22.0. The molecule has 1 atom stereocenters. The van der Waals surface area contributed by atoms with Crippen molar-refractivity contribution in [3.8, 4) is 11.5 Å². The first-order valence-electron chi connectivity index (χ1n) is 8.55. The van der Waals surface area contributed by atoms with E-state index < -0.39 is 0 Å². The maximum atomic E-state index is 10.0. The minimum absolute atomic E-state index is 0.0276. The van der Waals surface area contributed by atoms with Gasteiger partial charge in [0.2, 0.25) is 0 Å². The maximum Gasteiger partial charge on any atom is 0.157 e. The largest absolute Gasteiger partial charge is 0.504 e. The molecular weight excluding hydrogens is 330 g/mol. The minimum Gasteiger partial charge on any atom is -0.504 e. The van der Waals surface area contributed by atoms with Crippen molar-refractivity contribution in [2.75, 3.05) is 13.1 Å². The summed E-state index contributed by atoms with van der Waals surface area (Å²) >= 11 is 1.75. The molecule has 2 N–H and O–H groups in total. The summed E-state index contributed by atoms with van der Waals surface area (Å²) in [7, 11) is 0. The van der Waals surface area contributed by atoms with Crippen LogP contribution in [0.3, 0.4) is 0 Å². The van der Waals surface area contributed by atoms with E-state index in [-0.39, 0.29) is 17.4 Å². The van der Waals surface area contributed by atoms with Gasteiger partial charge >= 0.3 is 0 Å². The van der Waals surface area contributed by atoms with Gasteiger partial charge < -0.3 is 10.2 Å². The molecule has 25 heavy (non-hydrogen) atoms. The second kappa shape index (κ2) is 6.90. The third-order valence-electron chi connectivity index (χ3n) is 4.89. The standard InChI is InChI=1S/C21H21NO2S/c23-19-11-16-8-9-22(13-15-5-2-1-3-6-15)14-18(17(16)12-20(19)24)21-7-4-10-25-21/h1-7,10-12,18,23-24H,8-9,13-14H2. The van der Waals surface area contributed by atoms with Crippen LogP contribution in [0, 0.1) is 0 Å². The number of aromatic hydroxyl groups is 2. The molecule has 0 radical (unpaired) electrons. The highest BCUT2D eigenvalue weighted by Crippen LogP contribution is 2.39. The summed E-state index contributed by atoms with van der Waals surface area (Å²) in [5.74, 6) is 0.157. The predicted octanol–water partition coefficient (Wildman–Crippen LogP) is 4.35. The smallest absolute Gasteiger partial charge is 0.157 e. The van der Waals surface area contributed by atoms with Crippen LogP contribution in [0.15, 0.2) is 60.0 Å². The van der Waals surface area contributed by atoms with E-state index in [1.165, 1.54) is 10.4 Å². The van der Waals surface area contributed by atoms with Crippen molar-refractivity contribution in [3.63, 3.8) is 0 Å². The first-order valence-corrected chi connectivity index (χ1v) is 9.43. The molecule has 1 aliphatic heterocycles. The van der Waals surface area contributed by atoms with Crippen LogP contribution >= 0.6 is 11.3 Å². The third-order valence-corrected chi connectivity index (χ3v) is 5.87. The zero-order valence-corrected chi connectivity index (χ0v) is 14.7. The van der Waals surface area contributed by atoms with Gasteiger partial charge in [-0.1, -0.05) is 36.4 Å². The zero-order chi connectivity index (χ0) is 17.2. The fraction of sp³-hybridized carbons (Fsp3) is 0.238. The second-order valence-electron chi connectivity index (χ2n) is 6.58. The van der Waals surface area contributed by atoms with E-state index in [9.17, 15) is 10.2 Å². The molecule has 0 fully saturated rings. The van der Waals surface area contributed by atoms with E-state index in [1.54, 1.807) is 23.5 Å². The minimum atomic E-state index is -0.0307. The lowest BCUT2D eigenvalue weighted by Crippen LogP contribution is -2.28. The molecule has 0 amide bonds. The van der Waals surface area contributed by atoms with Gasteiger partial charge in [0.05, 0.1) is 0 Å². The van der Waals surface area contributed by atoms with Crippen molar-refractivity contribution in [1.29, 1.82) is 0 Å². The molecule has 4 rings (SSSR count). The Morgan fingerprint density at radius 3 is 2.56 bits per heavy atom. The molecule has 0 spiro atoms. The summed E-state index contributed by atoms with van der Waals surface area (Å²) in [6.45, 7) is 2.76. The number of hydrogen-bond donors (Lipinski definition) is 2. The maximum absolute atomic E-state index is 10.0. The van der Waals surface area contributed by atoms with Crippen LogP contribution in [0.5, 0.6) is 11.5 Å². The molecule has 0 saturated carbocycles. The number of phenolic OH excluding ortho intramolecular Hbond substituents is 2. The van der Waals surface area contributed by atoms with Crippen molar-refractivity contribution in [2.24, 2.45) is 0 Å². The predicted molar refractivity (Wildman–Crippen MR) is 101 cm³/mol. The van der Waals surface area contributed by atoms with Crippen LogP contribution in [0.1, 0.15) is 27.5 Å². The van der Waals surface area contributed by atoms with Crippen molar-refractivity contribution in [3.05, 3.63) is 81.5 Å². The molecule has 0 bridgehead atoms. The second-order valence-corrected chi connectivity index (χ2v) is 7.56. The topological polar surface area (TPSA) is 43.7 Å². The highest BCUT2D eigenvalue weighted by molar-refractivity contribution is 7.10. The number of rotatable bonds is 3. The lowest BCUT2D eigenvalue weighted by Gasteiger charge is -2.24. The molecule has 1 aromatic heterocycles. The van der Waals surface area contributed by atoms with Crippen LogP contribution in [0.2, 0.25) is 0 Å². The molecule has 2 heterocycles. The number of benzene rings is 2. The number of phenols is 2. The van der Waals surface area contributed by atoms with Gasteiger partial charge in [0.25, 0.3) is 0 Å². The van der Waals surface area contributed by atoms with Crippen molar-refractivity contribution < 1.29 is 10.2 Å². The van der Waals surface area contributed by atoms with Crippen molar-refractivity contribution >= 4 is 11.3 Å². The molecule has 3 nitrogen and oxygen atoms in total. The number of hydrogen-bond acceptors (Lipinski definition) is 4. The van der Waals surface area contributed by atoms with Crippen LogP contribution < -0.4 is 0 Å². The Balaban J connectivity index is 1.69. The fourth-order valence-electron chi connectivity index (χ4n) is 3.62. The summed E-state index contributed by atoms with van der Waals surface area (Å²) in [4.78, 5) is 3.76. The van der Waals surface area contributed by atoms with Gasteiger partial charge in [-0.05, 0) is 46.7 Å². The van der Waals surface area contributed by atoms with Gasteiger partial charge in [0.1, 0.15) is 0 Å². The number of thiophene rings is 1. The molecule has 0 aliphatic carbocycles. The fourth-order valence-corrected chi connectivity index (χ4v) is 4.46. The van der Waals surface area contributed by atoms with Crippen molar-refractivity contribution in [2.45, 2.75) is 18.9 Å².